The zero-order valence-electron chi connectivity index (χ0n) is 12.0. The first-order valence-corrected chi connectivity index (χ1v) is 8.13. The van der Waals surface area contributed by atoms with E-state index in [0.717, 1.165) is 0 Å². The van der Waals surface area contributed by atoms with E-state index in [0.29, 0.717) is 9.99 Å². The Morgan fingerprint density at radius 3 is 2.54 bits per heavy atom. The minimum atomic E-state index is -2.59. The Morgan fingerprint density at radius 1 is 1.25 bits per heavy atom. The van der Waals surface area contributed by atoms with Crippen LogP contribution in [0.1, 0.15) is 5.69 Å². The third-order valence-electron chi connectivity index (χ3n) is 4.15. The van der Waals surface area contributed by atoms with Crippen molar-refractivity contribution in [3.63, 3.8) is 0 Å². The van der Waals surface area contributed by atoms with Gasteiger partial charge in [-0.25, -0.2) is 0 Å². The van der Waals surface area contributed by atoms with Gasteiger partial charge in [-0.1, -0.05) is 11.6 Å². The molecule has 5 atom stereocenters. The lowest BCUT2D eigenvalue weighted by Gasteiger charge is -2.44. The van der Waals surface area contributed by atoms with Crippen LogP contribution in [-0.2, 0) is 10.5 Å². The van der Waals surface area contributed by atoms with E-state index in [4.69, 9.17) is 16.3 Å². The van der Waals surface area contributed by atoms with Gasteiger partial charge in [-0.3, -0.25) is 0 Å². The Kier molecular flexibility index (Phi) is 4.56. The smallest absolute Gasteiger partial charge is 0.241 e. The number of fused-ring (bicyclic) bond motifs is 1. The number of aliphatic hydroxyl groups excluding tert-OH is 4. The summed E-state index contributed by atoms with van der Waals surface area (Å²) in [6, 6.07) is 3.18. The molecule has 0 aliphatic carbocycles. The number of aliphatic hydroxyl groups is 5. The zero-order chi connectivity index (χ0) is 17.8. The Balaban J connectivity index is 2.18. The van der Waals surface area contributed by atoms with Gasteiger partial charge in [0, 0.05) is 4.47 Å². The summed E-state index contributed by atoms with van der Waals surface area (Å²) in [5.41, 5.74) is -0.00418. The zero-order valence-corrected chi connectivity index (χ0v) is 14.4. The number of aromatic amines is 1. The summed E-state index contributed by atoms with van der Waals surface area (Å²) < 4.78 is 5.68. The van der Waals surface area contributed by atoms with E-state index in [2.05, 4.69) is 20.9 Å². The number of rotatable bonds is 2. The molecule has 0 saturated carbocycles. The van der Waals surface area contributed by atoms with Crippen molar-refractivity contribution in [1.82, 2.24) is 4.98 Å². The molecule has 1 aliphatic rings. The molecule has 0 spiro atoms. The second-order valence-electron chi connectivity index (χ2n) is 5.59. The standard InChI is InChI=1S/C14H15BrClNO7/c15-4-1-2-5-7(8(4)16)10(20)12(17-5)14(23)13(22)11(21)9(19)6(3-18)24-14/h1-2,6,9,11,13,17-23H,3H2/t6-,9+,11+,13-,14-/m1/s1. The highest BCUT2D eigenvalue weighted by molar-refractivity contribution is 9.10. The van der Waals surface area contributed by atoms with Crippen molar-refractivity contribution in [2.75, 3.05) is 6.61 Å². The summed E-state index contributed by atoms with van der Waals surface area (Å²) >= 11 is 9.34. The molecule has 24 heavy (non-hydrogen) atoms. The Bertz CT molecular complexity index is 782. The number of ether oxygens (including phenoxy) is 1. The van der Waals surface area contributed by atoms with Gasteiger partial charge in [-0.15, -0.1) is 0 Å². The molecule has 10 heteroatoms. The van der Waals surface area contributed by atoms with Gasteiger partial charge in [0.05, 0.1) is 22.5 Å². The second-order valence-corrected chi connectivity index (χ2v) is 6.83. The van der Waals surface area contributed by atoms with Crippen LogP contribution in [0.2, 0.25) is 5.02 Å². The molecule has 2 aromatic rings. The van der Waals surface area contributed by atoms with E-state index in [1.165, 1.54) is 0 Å². The number of aromatic nitrogens is 1. The van der Waals surface area contributed by atoms with Gasteiger partial charge < -0.3 is 40.4 Å². The number of halogens is 2. The second kappa shape index (κ2) is 6.11. The Morgan fingerprint density at radius 2 is 1.92 bits per heavy atom. The molecule has 0 unspecified atom stereocenters. The molecule has 1 saturated heterocycles. The van der Waals surface area contributed by atoms with Crippen molar-refractivity contribution in [3.05, 3.63) is 27.3 Å². The predicted octanol–water partition coefficient (Wildman–Crippen LogP) is -0.0917. The van der Waals surface area contributed by atoms with Crippen molar-refractivity contribution in [3.8, 4) is 5.75 Å². The molecule has 132 valence electrons. The first-order chi connectivity index (χ1) is 11.2. The SMILES string of the molecule is OC[C@H]1O[C@](O)(c2[nH]c3ccc(Br)c(Cl)c3c2O)[C@H](O)[C@@H](O)[C@H]1O. The number of hydrogen-bond acceptors (Lipinski definition) is 7. The number of H-pyrrole nitrogens is 1. The fourth-order valence-electron chi connectivity index (χ4n) is 2.82. The van der Waals surface area contributed by atoms with Crippen LogP contribution in [0.25, 0.3) is 10.9 Å². The van der Waals surface area contributed by atoms with Crippen LogP contribution < -0.4 is 0 Å². The van der Waals surface area contributed by atoms with Crippen molar-refractivity contribution >= 4 is 38.4 Å². The van der Waals surface area contributed by atoms with Gasteiger partial charge in [-0.2, -0.15) is 0 Å². The highest BCUT2D eigenvalue weighted by Gasteiger charge is 2.55. The third-order valence-corrected chi connectivity index (χ3v) is 5.43. The first kappa shape index (κ1) is 17.9. The molecule has 1 aliphatic heterocycles. The summed E-state index contributed by atoms with van der Waals surface area (Å²) in [5.74, 6) is -3.08. The van der Waals surface area contributed by atoms with Crippen LogP contribution in [0.4, 0.5) is 0 Å². The van der Waals surface area contributed by atoms with Crippen molar-refractivity contribution < 1.29 is 35.4 Å². The van der Waals surface area contributed by atoms with E-state index in [1.807, 2.05) is 0 Å². The molecule has 8 nitrogen and oxygen atoms in total. The number of nitrogens with one attached hydrogen (secondary N) is 1. The molecule has 1 aromatic heterocycles. The summed E-state index contributed by atoms with van der Waals surface area (Å²) in [7, 11) is 0. The van der Waals surface area contributed by atoms with Gasteiger partial charge in [0.2, 0.25) is 5.79 Å². The van der Waals surface area contributed by atoms with E-state index >= 15 is 0 Å². The molecule has 0 radical (unpaired) electrons. The van der Waals surface area contributed by atoms with Crippen LogP contribution in [0, 0.1) is 0 Å². The van der Waals surface area contributed by atoms with Gasteiger partial charge in [-0.05, 0) is 28.1 Å². The van der Waals surface area contributed by atoms with E-state index in [-0.39, 0.29) is 16.1 Å². The van der Waals surface area contributed by atoms with E-state index in [1.54, 1.807) is 12.1 Å². The molecule has 3 rings (SSSR count). The van der Waals surface area contributed by atoms with Gasteiger partial charge in [0.15, 0.2) is 5.75 Å². The first-order valence-electron chi connectivity index (χ1n) is 6.96. The van der Waals surface area contributed by atoms with Crippen LogP contribution in [-0.4, -0.2) is 66.6 Å². The normalized spacial score (nSPS) is 34.0. The van der Waals surface area contributed by atoms with Gasteiger partial charge in [0.1, 0.15) is 30.1 Å². The maximum absolute atomic E-state index is 10.7. The predicted molar refractivity (Wildman–Crippen MR) is 86.5 cm³/mol. The quantitative estimate of drug-likeness (QED) is 0.356. The largest absolute Gasteiger partial charge is 0.505 e. The summed E-state index contributed by atoms with van der Waals surface area (Å²) in [4.78, 5) is 2.69. The topological polar surface area (TPSA) is 146 Å². The summed E-state index contributed by atoms with van der Waals surface area (Å²) in [6.45, 7) is -0.722. The Labute approximate surface area is 149 Å². The van der Waals surface area contributed by atoms with E-state index in [9.17, 15) is 30.6 Å². The lowest BCUT2D eigenvalue weighted by molar-refractivity contribution is -0.359. The van der Waals surface area contributed by atoms with E-state index < -0.39 is 42.6 Å². The Hall–Kier alpha value is -0.910. The maximum atomic E-state index is 10.7. The number of aromatic hydroxyl groups is 1. The minimum Gasteiger partial charge on any atom is -0.505 e. The highest BCUT2D eigenvalue weighted by atomic mass is 79.9. The molecular weight excluding hydrogens is 410 g/mol. The third kappa shape index (κ3) is 2.44. The molecule has 0 amide bonds. The van der Waals surface area contributed by atoms with Crippen LogP contribution >= 0.6 is 27.5 Å². The van der Waals surface area contributed by atoms with Crippen LogP contribution in [0.3, 0.4) is 0 Å². The fourth-order valence-corrected chi connectivity index (χ4v) is 3.41. The average molecular weight is 425 g/mol. The lowest BCUT2D eigenvalue weighted by atomic mass is 9.90. The van der Waals surface area contributed by atoms with Crippen molar-refractivity contribution in [2.24, 2.45) is 0 Å². The summed E-state index contributed by atoms with van der Waals surface area (Å²) in [6.07, 6.45) is -6.79. The molecular formula is C14H15BrClNO7. The molecule has 0 bridgehead atoms. The average Bonchev–Trinajstić information content (AvgIpc) is 2.90. The minimum absolute atomic E-state index is 0.167. The number of hydrogen-bond donors (Lipinski definition) is 7. The molecule has 1 fully saturated rings. The maximum Gasteiger partial charge on any atom is 0.241 e. The monoisotopic (exact) mass is 423 g/mol. The molecule has 2 heterocycles. The van der Waals surface area contributed by atoms with Crippen LogP contribution in [0.15, 0.2) is 16.6 Å². The lowest BCUT2D eigenvalue weighted by Crippen LogP contribution is -2.63. The van der Waals surface area contributed by atoms with Crippen molar-refractivity contribution in [2.45, 2.75) is 30.2 Å². The molecule has 1 aromatic carbocycles. The summed E-state index contributed by atoms with van der Waals surface area (Å²) in [5, 5.41) is 60.6. The molecule has 7 N–H and O–H groups in total. The number of benzene rings is 1. The van der Waals surface area contributed by atoms with Crippen molar-refractivity contribution in [1.29, 1.82) is 0 Å². The van der Waals surface area contributed by atoms with Gasteiger partial charge >= 0.3 is 0 Å². The fraction of sp³-hybridized carbons (Fsp3) is 0.429. The highest BCUT2D eigenvalue weighted by Crippen LogP contribution is 2.45. The van der Waals surface area contributed by atoms with Gasteiger partial charge in [0.25, 0.3) is 0 Å². The van der Waals surface area contributed by atoms with Crippen LogP contribution in [0.5, 0.6) is 5.75 Å².